The monoisotopic (exact) mass is 313 g/mol. The van der Waals surface area contributed by atoms with Gasteiger partial charge in [-0.25, -0.2) is 8.78 Å². The van der Waals surface area contributed by atoms with Gasteiger partial charge in [-0.1, -0.05) is 17.7 Å². The van der Waals surface area contributed by atoms with Crippen molar-refractivity contribution in [2.75, 3.05) is 6.54 Å². The van der Waals surface area contributed by atoms with Gasteiger partial charge >= 0.3 is 0 Å². The largest absolute Gasteiger partial charge is 0.508 e. The Morgan fingerprint density at radius 1 is 1.14 bits per heavy atom. The highest BCUT2D eigenvalue weighted by Gasteiger charge is 2.17. The first kappa shape index (κ1) is 15.7. The minimum atomic E-state index is -1.33. The first-order valence-electron chi connectivity index (χ1n) is 6.29. The molecule has 1 atom stereocenters. The first-order valence-corrected chi connectivity index (χ1v) is 6.67. The number of rotatable bonds is 5. The van der Waals surface area contributed by atoms with Gasteiger partial charge in [0, 0.05) is 23.7 Å². The maximum absolute atomic E-state index is 13.5. The van der Waals surface area contributed by atoms with E-state index in [0.717, 1.165) is 12.1 Å². The maximum Gasteiger partial charge on any atom is 0.131 e. The van der Waals surface area contributed by atoms with Crippen LogP contribution in [-0.4, -0.2) is 16.8 Å². The van der Waals surface area contributed by atoms with Crippen molar-refractivity contribution in [2.24, 2.45) is 0 Å². The summed E-state index contributed by atoms with van der Waals surface area (Å²) in [6.07, 6.45) is -1.33. The molecule has 21 heavy (non-hydrogen) atoms. The van der Waals surface area contributed by atoms with E-state index in [1.54, 1.807) is 12.1 Å². The summed E-state index contributed by atoms with van der Waals surface area (Å²) in [6.45, 7) is 0.142. The lowest BCUT2D eigenvalue weighted by Gasteiger charge is -2.14. The summed E-state index contributed by atoms with van der Waals surface area (Å²) in [7, 11) is 0. The predicted octanol–water partition coefficient (Wildman–Crippen LogP) is 3.15. The molecule has 0 aliphatic rings. The molecule has 2 rings (SSSR count). The molecule has 0 aromatic heterocycles. The van der Waals surface area contributed by atoms with Crippen molar-refractivity contribution in [3.63, 3.8) is 0 Å². The fourth-order valence-corrected chi connectivity index (χ4v) is 2.17. The smallest absolute Gasteiger partial charge is 0.131 e. The van der Waals surface area contributed by atoms with Crippen LogP contribution < -0.4 is 5.32 Å². The summed E-state index contributed by atoms with van der Waals surface area (Å²) in [4.78, 5) is 0. The Balaban J connectivity index is 1.98. The van der Waals surface area contributed by atoms with Gasteiger partial charge in [0.2, 0.25) is 0 Å². The number of phenolic OH excluding ortho intramolecular Hbond substituents is 1. The van der Waals surface area contributed by atoms with Gasteiger partial charge in [-0.15, -0.1) is 0 Å². The molecule has 3 N–H and O–H groups in total. The summed E-state index contributed by atoms with van der Waals surface area (Å²) in [5.74, 6) is -1.54. The van der Waals surface area contributed by atoms with Crippen molar-refractivity contribution in [1.29, 1.82) is 0 Å². The third kappa shape index (κ3) is 3.91. The summed E-state index contributed by atoms with van der Waals surface area (Å²) < 4.78 is 27.0. The number of hydrogen-bond donors (Lipinski definition) is 3. The molecule has 0 saturated carbocycles. The van der Waals surface area contributed by atoms with Crippen LogP contribution in [-0.2, 0) is 6.54 Å². The quantitative estimate of drug-likeness (QED) is 0.795. The Kier molecular flexibility index (Phi) is 5.12. The van der Waals surface area contributed by atoms with Gasteiger partial charge in [-0.3, -0.25) is 0 Å². The lowest BCUT2D eigenvalue weighted by Crippen LogP contribution is -2.22. The van der Waals surface area contributed by atoms with E-state index in [0.29, 0.717) is 10.6 Å². The van der Waals surface area contributed by atoms with E-state index in [4.69, 9.17) is 11.6 Å². The number of halogens is 3. The average Bonchev–Trinajstić information content (AvgIpc) is 2.42. The van der Waals surface area contributed by atoms with Gasteiger partial charge < -0.3 is 15.5 Å². The number of hydrogen-bond acceptors (Lipinski definition) is 3. The molecule has 1 unspecified atom stereocenters. The second-order valence-corrected chi connectivity index (χ2v) is 4.99. The number of phenols is 1. The minimum absolute atomic E-state index is 0.0541. The second kappa shape index (κ2) is 6.85. The summed E-state index contributed by atoms with van der Waals surface area (Å²) in [6, 6.07) is 7.98. The molecule has 0 amide bonds. The van der Waals surface area contributed by atoms with Crippen molar-refractivity contribution >= 4 is 11.6 Å². The Hall–Kier alpha value is -1.69. The van der Waals surface area contributed by atoms with E-state index < -0.39 is 17.7 Å². The summed E-state index contributed by atoms with van der Waals surface area (Å²) in [5, 5.41) is 22.8. The number of benzene rings is 2. The van der Waals surface area contributed by atoms with E-state index in [2.05, 4.69) is 5.32 Å². The normalized spacial score (nSPS) is 12.4. The highest BCUT2D eigenvalue weighted by atomic mass is 35.5. The van der Waals surface area contributed by atoms with Gasteiger partial charge in [0.15, 0.2) is 0 Å². The van der Waals surface area contributed by atoms with Crippen LogP contribution >= 0.6 is 11.6 Å². The van der Waals surface area contributed by atoms with E-state index in [1.807, 2.05) is 0 Å². The van der Waals surface area contributed by atoms with Crippen LogP contribution in [0.4, 0.5) is 8.78 Å². The Morgan fingerprint density at radius 2 is 1.81 bits per heavy atom. The number of aliphatic hydroxyl groups excluding tert-OH is 1. The third-order valence-corrected chi connectivity index (χ3v) is 3.26. The first-order chi connectivity index (χ1) is 9.99. The van der Waals surface area contributed by atoms with Crippen molar-refractivity contribution in [1.82, 2.24) is 5.32 Å². The highest BCUT2D eigenvalue weighted by molar-refractivity contribution is 6.30. The zero-order chi connectivity index (χ0) is 15.4. The molecule has 6 heteroatoms. The molecule has 0 saturated heterocycles. The number of nitrogens with one attached hydrogen (secondary N) is 1. The molecule has 0 radical (unpaired) electrons. The second-order valence-electron chi connectivity index (χ2n) is 4.56. The third-order valence-electron chi connectivity index (χ3n) is 3.03. The van der Waals surface area contributed by atoms with E-state index in [-0.39, 0.29) is 24.4 Å². The van der Waals surface area contributed by atoms with Crippen LogP contribution in [0.3, 0.4) is 0 Å². The van der Waals surface area contributed by atoms with E-state index in [1.165, 1.54) is 12.1 Å². The molecule has 2 aromatic carbocycles. The van der Waals surface area contributed by atoms with Crippen molar-refractivity contribution in [2.45, 2.75) is 12.6 Å². The zero-order valence-electron chi connectivity index (χ0n) is 11.0. The topological polar surface area (TPSA) is 52.5 Å². The van der Waals surface area contributed by atoms with Gasteiger partial charge in [0.05, 0.1) is 11.7 Å². The average molecular weight is 314 g/mol. The minimum Gasteiger partial charge on any atom is -0.508 e. The van der Waals surface area contributed by atoms with Gasteiger partial charge in [-0.05, 0) is 30.3 Å². The molecule has 2 aromatic rings. The summed E-state index contributed by atoms with van der Waals surface area (Å²) >= 11 is 5.81. The SMILES string of the molecule is Oc1ccc(Cl)cc1CNCC(O)c1c(F)cccc1F. The molecule has 112 valence electrons. The molecule has 3 nitrogen and oxygen atoms in total. The zero-order valence-corrected chi connectivity index (χ0v) is 11.7. The number of aliphatic hydroxyl groups is 1. The van der Waals surface area contributed by atoms with Crippen molar-refractivity contribution < 1.29 is 19.0 Å². The fourth-order valence-electron chi connectivity index (χ4n) is 1.97. The van der Waals surface area contributed by atoms with E-state index in [9.17, 15) is 19.0 Å². The van der Waals surface area contributed by atoms with Crippen LogP contribution in [0.2, 0.25) is 5.02 Å². The Morgan fingerprint density at radius 3 is 2.48 bits per heavy atom. The molecule has 0 fully saturated rings. The predicted molar refractivity (Wildman–Crippen MR) is 76.1 cm³/mol. The molecule has 0 heterocycles. The van der Waals surface area contributed by atoms with Gasteiger partial charge in [-0.2, -0.15) is 0 Å². The van der Waals surface area contributed by atoms with Gasteiger partial charge in [0.1, 0.15) is 17.4 Å². The molecule has 0 aliphatic carbocycles. The Bertz CT molecular complexity index is 617. The van der Waals surface area contributed by atoms with Crippen molar-refractivity contribution in [3.8, 4) is 5.75 Å². The lowest BCUT2D eigenvalue weighted by atomic mass is 10.1. The maximum atomic E-state index is 13.5. The van der Waals surface area contributed by atoms with Crippen LogP contribution in [0.1, 0.15) is 17.2 Å². The number of aromatic hydroxyl groups is 1. The highest BCUT2D eigenvalue weighted by Crippen LogP contribution is 2.22. The summed E-state index contributed by atoms with van der Waals surface area (Å²) in [5.41, 5.74) is 0.157. The molecular weight excluding hydrogens is 300 g/mol. The molecule has 0 spiro atoms. The lowest BCUT2D eigenvalue weighted by molar-refractivity contribution is 0.164. The molecular formula is C15H14ClF2NO2. The fraction of sp³-hybridized carbons (Fsp3) is 0.200. The van der Waals surface area contributed by atoms with Crippen LogP contribution in [0.25, 0.3) is 0 Å². The van der Waals surface area contributed by atoms with Crippen molar-refractivity contribution in [3.05, 3.63) is 64.2 Å². The van der Waals surface area contributed by atoms with Crippen LogP contribution in [0.15, 0.2) is 36.4 Å². The van der Waals surface area contributed by atoms with Crippen LogP contribution in [0, 0.1) is 11.6 Å². The Labute approximate surface area is 125 Å². The molecule has 0 bridgehead atoms. The van der Waals surface area contributed by atoms with Crippen LogP contribution in [0.5, 0.6) is 5.75 Å². The van der Waals surface area contributed by atoms with Gasteiger partial charge in [0.25, 0.3) is 0 Å². The molecule has 0 aliphatic heterocycles. The standard InChI is InChI=1S/C15H14ClF2NO2/c16-10-4-5-13(20)9(6-10)7-19-8-14(21)15-11(17)2-1-3-12(15)18/h1-6,14,19-21H,7-8H2. The van der Waals surface area contributed by atoms with E-state index >= 15 is 0 Å².